The maximum Gasteiger partial charge on any atom is 0.143 e. The summed E-state index contributed by atoms with van der Waals surface area (Å²) < 4.78 is 0. The molecule has 0 radical (unpaired) electrons. The van der Waals surface area contributed by atoms with E-state index in [1.165, 1.54) is 0 Å². The van der Waals surface area contributed by atoms with Gasteiger partial charge in [-0.1, -0.05) is 0 Å². The fourth-order valence-electron chi connectivity index (χ4n) is 2.54. The summed E-state index contributed by atoms with van der Waals surface area (Å²) in [6, 6.07) is 0.470. The van der Waals surface area contributed by atoms with Gasteiger partial charge in [-0.2, -0.15) is 0 Å². The fraction of sp³-hybridized carbons (Fsp3) is 0.900. The van der Waals surface area contributed by atoms with Crippen LogP contribution in [-0.4, -0.2) is 65.6 Å². The van der Waals surface area contributed by atoms with Crippen LogP contribution in [0, 0.1) is 0 Å². The first-order chi connectivity index (χ1) is 6.65. The van der Waals surface area contributed by atoms with Crippen molar-refractivity contribution in [3.8, 4) is 0 Å². The van der Waals surface area contributed by atoms with E-state index in [0.29, 0.717) is 12.6 Å². The van der Waals surface area contributed by atoms with Crippen LogP contribution in [0.1, 0.15) is 13.3 Å². The normalized spacial score (nSPS) is 34.4. The van der Waals surface area contributed by atoms with Crippen molar-refractivity contribution in [2.75, 3.05) is 32.7 Å². The highest BCUT2D eigenvalue weighted by molar-refractivity contribution is 5.77. The molecule has 2 fully saturated rings. The molecule has 2 unspecified atom stereocenters. The molecule has 80 valence electrons. The molecular weight excluding hydrogens is 180 g/mol. The lowest BCUT2D eigenvalue weighted by Crippen LogP contribution is -2.51. The minimum atomic E-state index is -0.155. The molecule has 2 aliphatic rings. The Morgan fingerprint density at radius 3 is 2.93 bits per heavy atom. The van der Waals surface area contributed by atoms with Gasteiger partial charge in [-0.25, -0.2) is 0 Å². The van der Waals surface area contributed by atoms with Crippen LogP contribution in [0.4, 0.5) is 0 Å². The van der Waals surface area contributed by atoms with E-state index in [9.17, 15) is 9.90 Å². The van der Waals surface area contributed by atoms with E-state index in [4.69, 9.17) is 0 Å². The third-order valence-electron chi connectivity index (χ3n) is 3.12. The van der Waals surface area contributed by atoms with Gasteiger partial charge < -0.3 is 5.11 Å². The molecule has 0 aromatic rings. The minimum absolute atomic E-state index is 0.155. The topological polar surface area (TPSA) is 43.8 Å². The zero-order chi connectivity index (χ0) is 10.1. The lowest BCUT2D eigenvalue weighted by atomic mass is 10.1. The van der Waals surface area contributed by atoms with Crippen molar-refractivity contribution in [2.45, 2.75) is 25.5 Å². The lowest BCUT2D eigenvalue weighted by molar-refractivity contribution is -0.118. The maximum atomic E-state index is 11.0. The molecule has 14 heavy (non-hydrogen) atoms. The largest absolute Gasteiger partial charge is 0.392 e. The molecule has 2 rings (SSSR count). The van der Waals surface area contributed by atoms with Gasteiger partial charge >= 0.3 is 0 Å². The fourth-order valence-corrected chi connectivity index (χ4v) is 2.54. The number of carbonyl (C=O) groups excluding carboxylic acids is 1. The Morgan fingerprint density at radius 1 is 1.43 bits per heavy atom. The molecular formula is C10H18N2O2. The summed E-state index contributed by atoms with van der Waals surface area (Å²) in [5.41, 5.74) is 0. The van der Waals surface area contributed by atoms with Crippen molar-refractivity contribution in [3.63, 3.8) is 0 Å². The molecule has 0 bridgehead atoms. The van der Waals surface area contributed by atoms with Crippen molar-refractivity contribution < 1.29 is 9.90 Å². The molecule has 0 spiro atoms. The summed E-state index contributed by atoms with van der Waals surface area (Å²) >= 11 is 0. The number of carbonyl (C=O) groups is 1. The highest BCUT2D eigenvalue weighted by atomic mass is 16.3. The Hall–Kier alpha value is -0.450. The van der Waals surface area contributed by atoms with Gasteiger partial charge in [0.15, 0.2) is 0 Å². The predicted molar refractivity (Wildman–Crippen MR) is 53.1 cm³/mol. The van der Waals surface area contributed by atoms with Gasteiger partial charge in [0.25, 0.3) is 0 Å². The zero-order valence-electron chi connectivity index (χ0n) is 8.65. The number of aliphatic hydroxyl groups is 1. The smallest absolute Gasteiger partial charge is 0.143 e. The summed E-state index contributed by atoms with van der Waals surface area (Å²) in [6.45, 7) is 5.92. The van der Waals surface area contributed by atoms with E-state index in [1.54, 1.807) is 6.92 Å². The average molecular weight is 198 g/mol. The summed E-state index contributed by atoms with van der Waals surface area (Å²) in [7, 11) is 0. The molecule has 2 heterocycles. The quantitative estimate of drug-likeness (QED) is 0.639. The van der Waals surface area contributed by atoms with Gasteiger partial charge in [0.2, 0.25) is 0 Å². The van der Waals surface area contributed by atoms with E-state index in [-0.39, 0.29) is 11.9 Å². The third kappa shape index (κ3) is 2.13. The van der Waals surface area contributed by atoms with Crippen LogP contribution >= 0.6 is 0 Å². The van der Waals surface area contributed by atoms with Crippen molar-refractivity contribution in [1.82, 2.24) is 9.80 Å². The highest BCUT2D eigenvalue weighted by Crippen LogP contribution is 2.21. The third-order valence-corrected chi connectivity index (χ3v) is 3.12. The second-order valence-corrected chi connectivity index (χ2v) is 4.48. The number of nitrogens with zero attached hydrogens (tertiary/aromatic N) is 2. The number of aliphatic hydroxyl groups excluding tert-OH is 1. The monoisotopic (exact) mass is 198 g/mol. The van der Waals surface area contributed by atoms with E-state index >= 15 is 0 Å². The predicted octanol–water partition coefficient (Wildman–Crippen LogP) is -0.674. The first kappa shape index (κ1) is 10.1. The van der Waals surface area contributed by atoms with Crippen LogP contribution in [0.3, 0.4) is 0 Å². The van der Waals surface area contributed by atoms with Gasteiger partial charge in [0, 0.05) is 32.2 Å². The minimum Gasteiger partial charge on any atom is -0.392 e. The van der Waals surface area contributed by atoms with Crippen molar-refractivity contribution in [2.24, 2.45) is 0 Å². The number of hydrogen-bond acceptors (Lipinski definition) is 4. The van der Waals surface area contributed by atoms with Crippen molar-refractivity contribution in [3.05, 3.63) is 0 Å². The molecule has 2 saturated heterocycles. The Balaban J connectivity index is 1.88. The van der Waals surface area contributed by atoms with Crippen molar-refractivity contribution >= 4 is 5.78 Å². The van der Waals surface area contributed by atoms with Gasteiger partial charge in [-0.05, 0) is 13.3 Å². The number of ketones is 1. The highest BCUT2D eigenvalue weighted by Gasteiger charge is 2.35. The standard InChI is InChI=1S/C10H18N2O2/c1-8(13)5-11-2-3-12-7-10(14)4-9(12)6-11/h9-10,14H,2-7H2,1H3. The van der Waals surface area contributed by atoms with Gasteiger partial charge in [0.05, 0.1) is 12.6 Å². The molecule has 0 aliphatic carbocycles. The number of piperazine rings is 1. The Labute approximate surface area is 84.5 Å². The SMILES string of the molecule is CC(=O)CN1CCN2CC(O)CC2C1. The maximum absolute atomic E-state index is 11.0. The Morgan fingerprint density at radius 2 is 2.21 bits per heavy atom. The van der Waals surface area contributed by atoms with Crippen LogP contribution in [0.2, 0.25) is 0 Å². The Bertz CT molecular complexity index is 232. The van der Waals surface area contributed by atoms with E-state index in [1.807, 2.05) is 0 Å². The van der Waals surface area contributed by atoms with Crippen LogP contribution in [0.5, 0.6) is 0 Å². The molecule has 2 aliphatic heterocycles. The molecule has 0 aromatic carbocycles. The molecule has 2 atom stereocenters. The first-order valence-electron chi connectivity index (χ1n) is 5.29. The molecule has 1 N–H and O–H groups in total. The van der Waals surface area contributed by atoms with Crippen LogP contribution < -0.4 is 0 Å². The van der Waals surface area contributed by atoms with Crippen LogP contribution in [0.15, 0.2) is 0 Å². The van der Waals surface area contributed by atoms with Gasteiger partial charge in [0.1, 0.15) is 5.78 Å². The molecule has 0 saturated carbocycles. The van der Waals surface area contributed by atoms with Crippen molar-refractivity contribution in [1.29, 1.82) is 0 Å². The van der Waals surface area contributed by atoms with E-state index in [0.717, 1.165) is 32.6 Å². The molecule has 0 aromatic heterocycles. The van der Waals surface area contributed by atoms with Crippen LogP contribution in [0.25, 0.3) is 0 Å². The summed E-state index contributed by atoms with van der Waals surface area (Å²) in [5.74, 6) is 0.233. The van der Waals surface area contributed by atoms with Crippen LogP contribution in [-0.2, 0) is 4.79 Å². The molecule has 0 amide bonds. The second kappa shape index (κ2) is 3.96. The average Bonchev–Trinajstić information content (AvgIpc) is 2.42. The van der Waals surface area contributed by atoms with Gasteiger partial charge in [-0.15, -0.1) is 0 Å². The molecule has 4 nitrogen and oxygen atoms in total. The number of rotatable bonds is 2. The van der Waals surface area contributed by atoms with Gasteiger partial charge in [-0.3, -0.25) is 14.6 Å². The summed E-state index contributed by atoms with van der Waals surface area (Å²) in [4.78, 5) is 15.5. The molecule has 4 heteroatoms. The Kier molecular flexibility index (Phi) is 2.85. The second-order valence-electron chi connectivity index (χ2n) is 4.48. The number of Topliss-reactive ketones (excluding diaryl/α,β-unsaturated/α-hetero) is 1. The summed E-state index contributed by atoms with van der Waals surface area (Å²) in [5, 5.41) is 9.50. The number of fused-ring (bicyclic) bond motifs is 1. The number of hydrogen-bond donors (Lipinski definition) is 1. The lowest BCUT2D eigenvalue weighted by Gasteiger charge is -2.36. The van der Waals surface area contributed by atoms with E-state index < -0.39 is 0 Å². The zero-order valence-corrected chi connectivity index (χ0v) is 8.65. The first-order valence-corrected chi connectivity index (χ1v) is 5.29. The van der Waals surface area contributed by atoms with E-state index in [2.05, 4.69) is 9.80 Å². The summed E-state index contributed by atoms with van der Waals surface area (Å²) in [6.07, 6.45) is 0.714.